The standard InChI is InChI=1S/C18H16N2O5/c1-24-13-5-6-15-11(8-13)9-16(25-15)17(21)20-14(18(22)23)10-12-4-2-3-7-19-12/h2-9,14H,10H2,1H3,(H,20,21)(H,22,23)/t14-/m0/s1. The zero-order valence-electron chi connectivity index (χ0n) is 13.4. The molecular formula is C18H16N2O5. The molecule has 0 saturated heterocycles. The van der Waals surface area contributed by atoms with E-state index in [1.54, 1.807) is 55.8 Å². The van der Waals surface area contributed by atoms with Crippen molar-refractivity contribution in [3.63, 3.8) is 0 Å². The summed E-state index contributed by atoms with van der Waals surface area (Å²) in [7, 11) is 1.55. The first-order valence-electron chi connectivity index (χ1n) is 7.58. The van der Waals surface area contributed by atoms with E-state index in [-0.39, 0.29) is 12.2 Å². The maximum atomic E-state index is 12.4. The van der Waals surface area contributed by atoms with Gasteiger partial charge in [-0.3, -0.25) is 9.78 Å². The van der Waals surface area contributed by atoms with Gasteiger partial charge < -0.3 is 19.6 Å². The van der Waals surface area contributed by atoms with Crippen LogP contribution in [0.1, 0.15) is 16.2 Å². The van der Waals surface area contributed by atoms with Crippen LogP contribution in [0.15, 0.2) is 53.1 Å². The number of rotatable bonds is 6. The number of aromatic nitrogens is 1. The molecule has 2 aromatic heterocycles. The summed E-state index contributed by atoms with van der Waals surface area (Å²) in [6, 6.07) is 10.8. The fourth-order valence-corrected chi connectivity index (χ4v) is 2.42. The number of nitrogens with zero attached hydrogens (tertiary/aromatic N) is 1. The van der Waals surface area contributed by atoms with Gasteiger partial charge in [0.05, 0.1) is 7.11 Å². The summed E-state index contributed by atoms with van der Waals surface area (Å²) >= 11 is 0. The lowest BCUT2D eigenvalue weighted by atomic mass is 10.1. The summed E-state index contributed by atoms with van der Waals surface area (Å²) in [5, 5.41) is 12.5. The molecule has 0 aliphatic carbocycles. The minimum Gasteiger partial charge on any atom is -0.497 e. The Kier molecular flexibility index (Phi) is 4.65. The molecule has 0 spiro atoms. The van der Waals surface area contributed by atoms with Gasteiger partial charge in [-0.25, -0.2) is 4.79 Å². The van der Waals surface area contributed by atoms with Gasteiger partial charge in [0, 0.05) is 23.7 Å². The Balaban J connectivity index is 1.78. The number of hydrogen-bond donors (Lipinski definition) is 2. The van der Waals surface area contributed by atoms with E-state index in [4.69, 9.17) is 9.15 Å². The van der Waals surface area contributed by atoms with Crippen molar-refractivity contribution < 1.29 is 23.8 Å². The molecule has 0 saturated carbocycles. The zero-order valence-corrected chi connectivity index (χ0v) is 13.4. The molecular weight excluding hydrogens is 324 g/mol. The second-order valence-electron chi connectivity index (χ2n) is 5.40. The maximum Gasteiger partial charge on any atom is 0.326 e. The quantitative estimate of drug-likeness (QED) is 0.714. The third-order valence-corrected chi connectivity index (χ3v) is 3.69. The molecule has 0 unspecified atom stereocenters. The van der Waals surface area contributed by atoms with Crippen LogP contribution in [0.5, 0.6) is 5.75 Å². The molecule has 2 heterocycles. The fourth-order valence-electron chi connectivity index (χ4n) is 2.42. The van der Waals surface area contributed by atoms with Crippen molar-refractivity contribution in [1.29, 1.82) is 0 Å². The second kappa shape index (κ2) is 7.04. The van der Waals surface area contributed by atoms with Gasteiger partial charge in [-0.05, 0) is 36.4 Å². The average molecular weight is 340 g/mol. The lowest BCUT2D eigenvalue weighted by Gasteiger charge is -2.13. The van der Waals surface area contributed by atoms with Gasteiger partial charge in [-0.2, -0.15) is 0 Å². The zero-order chi connectivity index (χ0) is 17.8. The number of benzene rings is 1. The highest BCUT2D eigenvalue weighted by Crippen LogP contribution is 2.24. The number of carbonyl (C=O) groups excluding carboxylic acids is 1. The van der Waals surface area contributed by atoms with Crippen molar-refractivity contribution in [3.05, 3.63) is 60.1 Å². The summed E-state index contributed by atoms with van der Waals surface area (Å²) in [6.45, 7) is 0. The number of ether oxygens (including phenoxy) is 1. The highest BCUT2D eigenvalue weighted by atomic mass is 16.5. The van der Waals surface area contributed by atoms with Gasteiger partial charge in [-0.1, -0.05) is 6.07 Å². The van der Waals surface area contributed by atoms with E-state index < -0.39 is 17.9 Å². The van der Waals surface area contributed by atoms with E-state index in [2.05, 4.69) is 10.3 Å². The van der Waals surface area contributed by atoms with E-state index in [1.165, 1.54) is 0 Å². The molecule has 0 bridgehead atoms. The normalized spacial score (nSPS) is 11.9. The van der Waals surface area contributed by atoms with Crippen LogP contribution in [0.3, 0.4) is 0 Å². The van der Waals surface area contributed by atoms with Gasteiger partial charge in [0.25, 0.3) is 5.91 Å². The number of amides is 1. The Labute approximate surface area is 143 Å². The summed E-state index contributed by atoms with van der Waals surface area (Å²) in [5.41, 5.74) is 1.09. The number of carbonyl (C=O) groups is 2. The average Bonchev–Trinajstić information content (AvgIpc) is 3.05. The molecule has 0 aliphatic heterocycles. The van der Waals surface area contributed by atoms with E-state index in [9.17, 15) is 14.7 Å². The lowest BCUT2D eigenvalue weighted by Crippen LogP contribution is -2.42. The molecule has 3 rings (SSSR count). The molecule has 3 aromatic rings. The summed E-state index contributed by atoms with van der Waals surface area (Å²) in [5.74, 6) is -1.07. The first-order chi connectivity index (χ1) is 12.1. The summed E-state index contributed by atoms with van der Waals surface area (Å²) in [4.78, 5) is 27.9. The molecule has 7 heteroatoms. The Morgan fingerprint density at radius 2 is 2.12 bits per heavy atom. The van der Waals surface area contributed by atoms with Crippen molar-refractivity contribution in [2.75, 3.05) is 7.11 Å². The van der Waals surface area contributed by atoms with Crippen LogP contribution in [0.4, 0.5) is 0 Å². The van der Waals surface area contributed by atoms with Crippen LogP contribution in [0.25, 0.3) is 11.0 Å². The molecule has 128 valence electrons. The monoisotopic (exact) mass is 340 g/mol. The molecule has 1 aromatic carbocycles. The SMILES string of the molecule is COc1ccc2oc(C(=O)N[C@@H](Cc3ccccn3)C(=O)O)cc2c1. The van der Waals surface area contributed by atoms with Gasteiger partial charge in [0.2, 0.25) is 0 Å². The van der Waals surface area contributed by atoms with E-state index in [1.807, 2.05) is 0 Å². The highest BCUT2D eigenvalue weighted by Gasteiger charge is 2.23. The summed E-state index contributed by atoms with van der Waals surface area (Å²) in [6.07, 6.45) is 1.65. The first kappa shape index (κ1) is 16.5. The second-order valence-corrected chi connectivity index (χ2v) is 5.40. The molecule has 0 fully saturated rings. The number of methoxy groups -OCH3 is 1. The van der Waals surface area contributed by atoms with E-state index >= 15 is 0 Å². The number of furan rings is 1. The lowest BCUT2D eigenvalue weighted by molar-refractivity contribution is -0.139. The van der Waals surface area contributed by atoms with Crippen LogP contribution in [-0.2, 0) is 11.2 Å². The van der Waals surface area contributed by atoms with E-state index in [0.29, 0.717) is 22.4 Å². The molecule has 2 N–H and O–H groups in total. The third-order valence-electron chi connectivity index (χ3n) is 3.69. The maximum absolute atomic E-state index is 12.4. The molecule has 7 nitrogen and oxygen atoms in total. The minimum absolute atomic E-state index is 0.0375. The highest BCUT2D eigenvalue weighted by molar-refractivity contribution is 5.98. The number of carboxylic acid groups (broad SMARTS) is 1. The number of fused-ring (bicyclic) bond motifs is 1. The van der Waals surface area contributed by atoms with Crippen LogP contribution in [0, 0.1) is 0 Å². The number of hydrogen-bond acceptors (Lipinski definition) is 5. The molecule has 0 aliphatic rings. The fraction of sp³-hybridized carbons (Fsp3) is 0.167. The van der Waals surface area contributed by atoms with Gasteiger partial charge in [0.1, 0.15) is 17.4 Å². The van der Waals surface area contributed by atoms with Crippen LogP contribution in [0.2, 0.25) is 0 Å². The van der Waals surface area contributed by atoms with Crippen molar-refractivity contribution in [2.24, 2.45) is 0 Å². The van der Waals surface area contributed by atoms with Gasteiger partial charge in [-0.15, -0.1) is 0 Å². The number of nitrogens with one attached hydrogen (secondary N) is 1. The molecule has 1 atom stereocenters. The van der Waals surface area contributed by atoms with Crippen LogP contribution < -0.4 is 10.1 Å². The third kappa shape index (κ3) is 3.77. The predicted molar refractivity (Wildman–Crippen MR) is 89.6 cm³/mol. The number of carboxylic acids is 1. The van der Waals surface area contributed by atoms with Crippen molar-refractivity contribution in [1.82, 2.24) is 10.3 Å². The van der Waals surface area contributed by atoms with E-state index in [0.717, 1.165) is 0 Å². The molecule has 0 radical (unpaired) electrons. The Morgan fingerprint density at radius 1 is 1.28 bits per heavy atom. The Bertz CT molecular complexity index is 904. The van der Waals surface area contributed by atoms with Crippen LogP contribution >= 0.6 is 0 Å². The van der Waals surface area contributed by atoms with Gasteiger partial charge in [0.15, 0.2) is 5.76 Å². The van der Waals surface area contributed by atoms with Crippen molar-refractivity contribution >= 4 is 22.8 Å². The Morgan fingerprint density at radius 3 is 2.80 bits per heavy atom. The predicted octanol–water partition coefficient (Wildman–Crippen LogP) is 2.26. The van der Waals surface area contributed by atoms with Gasteiger partial charge >= 0.3 is 5.97 Å². The topological polar surface area (TPSA) is 102 Å². The molecule has 1 amide bonds. The number of pyridine rings is 1. The molecule has 25 heavy (non-hydrogen) atoms. The van der Waals surface area contributed by atoms with Crippen molar-refractivity contribution in [3.8, 4) is 5.75 Å². The van der Waals surface area contributed by atoms with Crippen molar-refractivity contribution in [2.45, 2.75) is 12.5 Å². The first-order valence-corrected chi connectivity index (χ1v) is 7.58. The minimum atomic E-state index is -1.14. The summed E-state index contributed by atoms with van der Waals surface area (Å²) < 4.78 is 10.6. The van der Waals surface area contributed by atoms with Crippen LogP contribution in [-0.4, -0.2) is 35.1 Å². The number of aliphatic carboxylic acids is 1. The largest absolute Gasteiger partial charge is 0.497 e. The smallest absolute Gasteiger partial charge is 0.326 e. The Hall–Kier alpha value is -3.35.